The number of likely N-dealkylation sites (tertiary alicyclic amines) is 1. The number of aromatic amines is 1. The Kier molecular flexibility index (Phi) is 4.78. The Morgan fingerprint density at radius 1 is 1.55 bits per heavy atom. The largest absolute Gasteiger partial charge is 0.355 e. The second-order valence-electron chi connectivity index (χ2n) is 5.62. The zero-order chi connectivity index (χ0) is 15.5. The molecule has 0 saturated carbocycles. The molecule has 1 N–H and O–H groups in total. The van der Waals surface area contributed by atoms with E-state index in [1.165, 1.54) is 31.0 Å². The number of pyridine rings is 1. The fourth-order valence-corrected chi connectivity index (χ4v) is 4.14. The summed E-state index contributed by atoms with van der Waals surface area (Å²) in [5.74, 6) is 0.473. The van der Waals surface area contributed by atoms with Gasteiger partial charge in [0, 0.05) is 35.9 Å². The van der Waals surface area contributed by atoms with Crippen molar-refractivity contribution in [3.05, 3.63) is 30.1 Å². The van der Waals surface area contributed by atoms with Crippen LogP contribution in [0.5, 0.6) is 0 Å². The highest BCUT2D eigenvalue weighted by Crippen LogP contribution is 2.23. The van der Waals surface area contributed by atoms with Crippen LogP contribution >= 0.6 is 24.0 Å². The second kappa shape index (κ2) is 6.79. The number of nitrogens with one attached hydrogen (secondary N) is 1. The van der Waals surface area contributed by atoms with Crippen molar-refractivity contribution in [3.8, 4) is 0 Å². The maximum atomic E-state index is 12.4. The van der Waals surface area contributed by atoms with Crippen molar-refractivity contribution in [3.63, 3.8) is 0 Å². The minimum atomic E-state index is 0.0938. The van der Waals surface area contributed by atoms with E-state index < -0.39 is 0 Å². The second-order valence-corrected chi connectivity index (χ2v) is 7.23. The van der Waals surface area contributed by atoms with Crippen LogP contribution in [0.15, 0.2) is 24.5 Å². The third kappa shape index (κ3) is 3.17. The number of fused-ring (bicyclic) bond motifs is 1. The number of hydrogen-bond donors (Lipinski definition) is 1. The molecule has 1 aliphatic rings. The average molecular weight is 333 g/mol. The molecule has 3 rings (SSSR count). The number of carbonyl (C=O) groups excluding carboxylic acids is 1. The fourth-order valence-electron chi connectivity index (χ4n) is 2.84. The molecule has 2 aromatic rings. The molecule has 1 fully saturated rings. The average Bonchev–Trinajstić information content (AvgIpc) is 2.97. The number of Topliss-reactive ketones (excluding diaryl/α,β-unsaturated/α-hetero) is 1. The molecule has 0 unspecified atom stereocenters. The number of nitrogens with zero attached hydrogens (tertiary/aromatic N) is 2. The van der Waals surface area contributed by atoms with Crippen LogP contribution in [0, 0.1) is 0 Å². The first kappa shape index (κ1) is 15.5. The van der Waals surface area contributed by atoms with Gasteiger partial charge in [-0.1, -0.05) is 24.0 Å². The number of aromatic nitrogens is 2. The predicted octanol–water partition coefficient (Wildman–Crippen LogP) is 3.64. The van der Waals surface area contributed by atoms with E-state index >= 15 is 0 Å². The van der Waals surface area contributed by atoms with E-state index in [0.29, 0.717) is 17.4 Å². The number of hydrogen-bond acceptors (Lipinski definition) is 4. The van der Waals surface area contributed by atoms with Gasteiger partial charge in [-0.25, -0.2) is 4.98 Å². The first-order valence-corrected chi connectivity index (χ1v) is 8.95. The summed E-state index contributed by atoms with van der Waals surface area (Å²) in [5, 5.41) is 0.880. The van der Waals surface area contributed by atoms with Gasteiger partial charge in [0.25, 0.3) is 0 Å². The summed E-state index contributed by atoms with van der Waals surface area (Å²) in [7, 11) is 0. The van der Waals surface area contributed by atoms with Crippen LogP contribution in [0.25, 0.3) is 11.0 Å². The lowest BCUT2D eigenvalue weighted by molar-refractivity contribution is 0.102. The zero-order valence-corrected chi connectivity index (χ0v) is 14.2. The third-order valence-electron chi connectivity index (χ3n) is 4.12. The number of thioether (sulfide) groups is 1. The van der Waals surface area contributed by atoms with Crippen LogP contribution in [0.2, 0.25) is 0 Å². The molecule has 116 valence electrons. The lowest BCUT2D eigenvalue weighted by Crippen LogP contribution is -2.40. The Bertz CT molecular complexity index is 698. The van der Waals surface area contributed by atoms with E-state index in [1.54, 1.807) is 12.4 Å². The van der Waals surface area contributed by atoms with Crippen molar-refractivity contribution in [1.82, 2.24) is 14.9 Å². The van der Waals surface area contributed by atoms with Crippen LogP contribution in [0.3, 0.4) is 0 Å². The summed E-state index contributed by atoms with van der Waals surface area (Å²) in [6.45, 7) is 3.22. The number of H-pyrrole nitrogens is 1. The van der Waals surface area contributed by atoms with Crippen LogP contribution in [0.1, 0.15) is 36.5 Å². The fraction of sp³-hybridized carbons (Fsp3) is 0.438. The molecule has 2 aromatic heterocycles. The SMILES string of the molecule is C[C@H]1CCCCN1C(=S)SCC(=O)c1c[nH]c2ncccc12. The van der Waals surface area contributed by atoms with Crippen molar-refractivity contribution >= 4 is 45.1 Å². The molecule has 6 heteroatoms. The van der Waals surface area contributed by atoms with Crippen molar-refractivity contribution in [2.75, 3.05) is 12.3 Å². The van der Waals surface area contributed by atoms with Gasteiger partial charge in [-0.3, -0.25) is 4.79 Å². The third-order valence-corrected chi connectivity index (χ3v) is 5.59. The van der Waals surface area contributed by atoms with Crippen molar-refractivity contribution in [2.24, 2.45) is 0 Å². The number of ketones is 1. The summed E-state index contributed by atoms with van der Waals surface area (Å²) < 4.78 is 0.846. The summed E-state index contributed by atoms with van der Waals surface area (Å²) >= 11 is 6.99. The molecular formula is C16H19N3OS2. The Morgan fingerprint density at radius 2 is 2.41 bits per heavy atom. The van der Waals surface area contributed by atoms with E-state index in [-0.39, 0.29) is 5.78 Å². The maximum absolute atomic E-state index is 12.4. The number of carbonyl (C=O) groups is 1. The Morgan fingerprint density at radius 3 is 3.23 bits per heavy atom. The summed E-state index contributed by atoms with van der Waals surface area (Å²) in [5.41, 5.74) is 1.45. The number of rotatable bonds is 3. The molecule has 0 radical (unpaired) electrons. The molecule has 22 heavy (non-hydrogen) atoms. The molecular weight excluding hydrogens is 314 g/mol. The van der Waals surface area contributed by atoms with Gasteiger partial charge in [-0.05, 0) is 38.3 Å². The first-order chi connectivity index (χ1) is 10.7. The Labute approximate surface area is 139 Å². The van der Waals surface area contributed by atoms with E-state index in [9.17, 15) is 4.79 Å². The molecule has 4 nitrogen and oxygen atoms in total. The monoisotopic (exact) mass is 333 g/mol. The maximum Gasteiger partial charge on any atom is 0.175 e. The van der Waals surface area contributed by atoms with Crippen LogP contribution in [-0.4, -0.2) is 43.3 Å². The molecule has 3 heterocycles. The highest BCUT2D eigenvalue weighted by molar-refractivity contribution is 8.23. The standard InChI is InChI=1S/C16H19N3OS2/c1-11-5-2-3-8-19(11)16(21)22-10-14(20)13-9-18-15-12(13)6-4-7-17-15/h4,6-7,9,11H,2-3,5,8,10H2,1H3,(H,17,18)/t11-/m0/s1. The van der Waals surface area contributed by atoms with Gasteiger partial charge in [0.05, 0.1) is 5.75 Å². The van der Waals surface area contributed by atoms with Crippen LogP contribution in [0.4, 0.5) is 0 Å². The van der Waals surface area contributed by atoms with Crippen LogP contribution in [-0.2, 0) is 0 Å². The van der Waals surface area contributed by atoms with Gasteiger partial charge in [-0.2, -0.15) is 0 Å². The van der Waals surface area contributed by atoms with Gasteiger partial charge in [0.2, 0.25) is 0 Å². The molecule has 0 amide bonds. The topological polar surface area (TPSA) is 49.0 Å². The van der Waals surface area contributed by atoms with Gasteiger partial charge in [0.15, 0.2) is 5.78 Å². The Balaban J connectivity index is 1.63. The van der Waals surface area contributed by atoms with Crippen molar-refractivity contribution in [2.45, 2.75) is 32.2 Å². The molecule has 0 aromatic carbocycles. The van der Waals surface area contributed by atoms with Gasteiger partial charge in [0.1, 0.15) is 9.97 Å². The summed E-state index contributed by atoms with van der Waals surface area (Å²) in [4.78, 5) is 22.0. The molecule has 1 aliphatic heterocycles. The minimum Gasteiger partial charge on any atom is -0.355 e. The number of thiocarbonyl (C=S) groups is 1. The van der Waals surface area contributed by atoms with E-state index in [0.717, 1.165) is 21.9 Å². The van der Waals surface area contributed by atoms with Crippen molar-refractivity contribution < 1.29 is 4.79 Å². The predicted molar refractivity (Wildman–Crippen MR) is 95.5 cm³/mol. The van der Waals surface area contributed by atoms with Crippen LogP contribution < -0.4 is 0 Å². The Hall–Kier alpha value is -1.40. The zero-order valence-electron chi connectivity index (χ0n) is 12.5. The molecule has 1 atom stereocenters. The molecule has 0 bridgehead atoms. The highest BCUT2D eigenvalue weighted by Gasteiger charge is 2.22. The molecule has 1 saturated heterocycles. The normalized spacial score (nSPS) is 18.6. The van der Waals surface area contributed by atoms with Gasteiger partial charge >= 0.3 is 0 Å². The van der Waals surface area contributed by atoms with E-state index in [2.05, 4.69) is 21.8 Å². The minimum absolute atomic E-state index is 0.0938. The van der Waals surface area contributed by atoms with E-state index in [1.807, 2.05) is 12.1 Å². The van der Waals surface area contributed by atoms with E-state index in [4.69, 9.17) is 12.2 Å². The molecule has 0 aliphatic carbocycles. The lowest BCUT2D eigenvalue weighted by Gasteiger charge is -2.35. The highest BCUT2D eigenvalue weighted by atomic mass is 32.2. The first-order valence-electron chi connectivity index (χ1n) is 7.55. The van der Waals surface area contributed by atoms with Gasteiger partial charge < -0.3 is 9.88 Å². The van der Waals surface area contributed by atoms with Gasteiger partial charge in [-0.15, -0.1) is 0 Å². The smallest absolute Gasteiger partial charge is 0.175 e. The lowest BCUT2D eigenvalue weighted by atomic mass is 10.1. The number of piperidine rings is 1. The quantitative estimate of drug-likeness (QED) is 0.686. The summed E-state index contributed by atoms with van der Waals surface area (Å²) in [6, 6.07) is 4.25. The van der Waals surface area contributed by atoms with Crippen molar-refractivity contribution in [1.29, 1.82) is 0 Å². The summed E-state index contributed by atoms with van der Waals surface area (Å²) in [6.07, 6.45) is 7.10. The molecule has 0 spiro atoms.